The number of esters is 1. The average molecular weight is 435 g/mol. The highest BCUT2D eigenvalue weighted by Crippen LogP contribution is 2.37. The van der Waals surface area contributed by atoms with Crippen LogP contribution in [0.2, 0.25) is 0 Å². The second kappa shape index (κ2) is 9.55. The van der Waals surface area contributed by atoms with E-state index in [1.54, 1.807) is 30.2 Å². The molecule has 0 spiro atoms. The van der Waals surface area contributed by atoms with Crippen LogP contribution in [0.5, 0.6) is 0 Å². The van der Waals surface area contributed by atoms with Crippen LogP contribution >= 0.6 is 11.8 Å². The molecule has 1 aromatic carbocycles. The molecule has 1 aliphatic rings. The summed E-state index contributed by atoms with van der Waals surface area (Å²) in [6.07, 6.45) is 4.52. The molecule has 2 aromatic rings. The molecule has 1 fully saturated rings. The first-order valence-corrected chi connectivity index (χ1v) is 11.0. The minimum Gasteiger partial charge on any atom is -0.466 e. The molecule has 1 aliphatic heterocycles. The van der Waals surface area contributed by atoms with Crippen molar-refractivity contribution >= 4 is 23.6 Å². The highest BCUT2D eigenvalue weighted by Gasteiger charge is 2.45. The number of rotatable bonds is 6. The van der Waals surface area contributed by atoms with Crippen molar-refractivity contribution in [1.29, 1.82) is 0 Å². The predicted molar refractivity (Wildman–Crippen MR) is 110 cm³/mol. The molecule has 0 radical (unpaired) electrons. The minimum atomic E-state index is -1.09. The third-order valence-corrected chi connectivity index (χ3v) is 6.02. The smallest absolute Gasteiger partial charge is 0.314 e. The number of thioether (sulfide) groups is 1. The van der Waals surface area contributed by atoms with Gasteiger partial charge in [0.25, 0.3) is 5.91 Å². The summed E-state index contributed by atoms with van der Waals surface area (Å²) in [5, 5.41) is 0.611. The second-order valence-corrected chi connectivity index (χ2v) is 8.10. The van der Waals surface area contributed by atoms with Crippen LogP contribution in [-0.4, -0.2) is 47.7 Å². The summed E-state index contributed by atoms with van der Waals surface area (Å²) in [6.45, 7) is 2.47. The predicted octanol–water partition coefficient (Wildman–Crippen LogP) is 4.11. The van der Waals surface area contributed by atoms with Crippen LogP contribution in [0, 0.1) is 17.0 Å². The fraction of sp³-hybridized carbons (Fsp3) is 0.409. The van der Waals surface area contributed by atoms with Crippen LogP contribution in [0.25, 0.3) is 0 Å². The van der Waals surface area contributed by atoms with E-state index in [1.165, 1.54) is 23.9 Å². The molecule has 0 N–H and O–H groups in total. The Morgan fingerprint density at radius 3 is 2.80 bits per heavy atom. The Bertz CT molecular complexity index is 940. The molecule has 0 saturated carbocycles. The molecule has 0 unspecified atom stereocenters. The van der Waals surface area contributed by atoms with Crippen molar-refractivity contribution in [3.05, 3.63) is 59.3 Å². The maximum Gasteiger partial charge on any atom is 0.314 e. The molecule has 0 aliphatic carbocycles. The van der Waals surface area contributed by atoms with E-state index < -0.39 is 23.0 Å². The molecule has 1 aromatic heterocycles. The van der Waals surface area contributed by atoms with Crippen LogP contribution in [0.4, 0.5) is 8.78 Å². The van der Waals surface area contributed by atoms with Crippen molar-refractivity contribution in [2.45, 2.75) is 31.2 Å². The topological polar surface area (TPSA) is 59.5 Å². The van der Waals surface area contributed by atoms with Crippen molar-refractivity contribution in [2.75, 3.05) is 26.0 Å². The molecule has 3 rings (SSSR count). The van der Waals surface area contributed by atoms with Crippen molar-refractivity contribution in [1.82, 2.24) is 9.88 Å². The Hall–Kier alpha value is -2.48. The number of hydrogen-bond donors (Lipinski definition) is 0. The van der Waals surface area contributed by atoms with E-state index in [0.717, 1.165) is 6.07 Å². The number of hydrogen-bond acceptors (Lipinski definition) is 5. The molecular formula is C22H24F2N2O3S. The van der Waals surface area contributed by atoms with E-state index in [4.69, 9.17) is 4.74 Å². The highest BCUT2D eigenvalue weighted by molar-refractivity contribution is 7.98. The Balaban J connectivity index is 1.93. The lowest BCUT2D eigenvalue weighted by Crippen LogP contribution is -2.51. The van der Waals surface area contributed by atoms with Crippen molar-refractivity contribution in [3.8, 4) is 0 Å². The first-order valence-electron chi connectivity index (χ1n) is 9.79. The molecule has 8 heteroatoms. The fourth-order valence-electron chi connectivity index (χ4n) is 3.89. The molecule has 2 heterocycles. The number of benzene rings is 1. The normalized spacial score (nSPS) is 18.9. The summed E-state index contributed by atoms with van der Waals surface area (Å²) in [5.41, 5.74) is -0.396. The first kappa shape index (κ1) is 22.2. The van der Waals surface area contributed by atoms with E-state index in [2.05, 4.69) is 4.98 Å². The third kappa shape index (κ3) is 4.64. The van der Waals surface area contributed by atoms with Gasteiger partial charge in [0.05, 0.1) is 17.6 Å². The number of carbonyl (C=O) groups is 2. The number of ether oxygens (including phenoxy) is 1. The Labute approximate surface area is 178 Å². The Morgan fingerprint density at radius 1 is 1.30 bits per heavy atom. The van der Waals surface area contributed by atoms with Crippen LogP contribution in [0.3, 0.4) is 0 Å². The lowest BCUT2D eigenvalue weighted by Gasteiger charge is -2.41. The number of amides is 1. The summed E-state index contributed by atoms with van der Waals surface area (Å²) >= 11 is 1.37. The van der Waals surface area contributed by atoms with E-state index in [-0.39, 0.29) is 31.0 Å². The van der Waals surface area contributed by atoms with Crippen molar-refractivity contribution in [2.24, 2.45) is 5.41 Å². The van der Waals surface area contributed by atoms with Crippen molar-refractivity contribution < 1.29 is 23.1 Å². The molecule has 5 nitrogen and oxygen atoms in total. The Morgan fingerprint density at radius 2 is 2.10 bits per heavy atom. The van der Waals surface area contributed by atoms with Gasteiger partial charge < -0.3 is 9.64 Å². The third-order valence-electron chi connectivity index (χ3n) is 5.31. The van der Waals surface area contributed by atoms with E-state index in [9.17, 15) is 18.4 Å². The van der Waals surface area contributed by atoms with Gasteiger partial charge in [-0.05, 0) is 56.2 Å². The van der Waals surface area contributed by atoms with Crippen molar-refractivity contribution in [3.63, 3.8) is 0 Å². The number of halogens is 2. The van der Waals surface area contributed by atoms with Gasteiger partial charge in [-0.15, -0.1) is 11.8 Å². The van der Waals surface area contributed by atoms with Gasteiger partial charge >= 0.3 is 5.97 Å². The summed E-state index contributed by atoms with van der Waals surface area (Å²) in [6, 6.07) is 6.73. The number of nitrogens with zero attached hydrogens (tertiary/aromatic N) is 2. The molecule has 160 valence electrons. The minimum absolute atomic E-state index is 0.0319. The summed E-state index contributed by atoms with van der Waals surface area (Å²) < 4.78 is 33.0. The average Bonchev–Trinajstić information content (AvgIpc) is 2.75. The molecule has 1 atom stereocenters. The lowest BCUT2D eigenvalue weighted by atomic mass is 9.74. The number of pyridine rings is 1. The number of piperidine rings is 1. The van der Waals surface area contributed by atoms with Crippen LogP contribution in [0.15, 0.2) is 41.6 Å². The summed E-state index contributed by atoms with van der Waals surface area (Å²) in [4.78, 5) is 32.0. The molecule has 30 heavy (non-hydrogen) atoms. The van der Waals surface area contributed by atoms with Gasteiger partial charge in [-0.1, -0.05) is 6.07 Å². The van der Waals surface area contributed by atoms with Crippen LogP contribution < -0.4 is 0 Å². The zero-order chi connectivity index (χ0) is 21.7. The van der Waals surface area contributed by atoms with E-state index in [0.29, 0.717) is 30.0 Å². The number of likely N-dealkylation sites (tertiary alicyclic amines) is 1. The second-order valence-electron chi connectivity index (χ2n) is 7.30. The van der Waals surface area contributed by atoms with Crippen LogP contribution in [-0.2, 0) is 16.0 Å². The highest BCUT2D eigenvalue weighted by atomic mass is 32.2. The van der Waals surface area contributed by atoms with Gasteiger partial charge in [0.15, 0.2) is 0 Å². The van der Waals surface area contributed by atoms with Gasteiger partial charge in [0.1, 0.15) is 16.7 Å². The standard InChI is InChI=1S/C22H24F2N2O3S/c1-3-29-21(28)22(13-15-7-8-16(23)12-18(15)24)9-5-11-26(14-22)20(27)17-6-4-10-25-19(17)30-2/h4,6-8,10,12H,3,5,9,11,13-14H2,1-2H3/t22-/m0/s1. The molecular weight excluding hydrogens is 410 g/mol. The van der Waals surface area contributed by atoms with E-state index >= 15 is 0 Å². The molecule has 1 saturated heterocycles. The first-order chi connectivity index (χ1) is 14.4. The van der Waals surface area contributed by atoms with E-state index in [1.807, 2.05) is 6.26 Å². The molecule has 1 amide bonds. The van der Waals surface area contributed by atoms with Gasteiger partial charge in [0.2, 0.25) is 0 Å². The quantitative estimate of drug-likeness (QED) is 0.506. The Kier molecular flexibility index (Phi) is 7.07. The SMILES string of the molecule is CCOC(=O)[C@]1(Cc2ccc(F)cc2F)CCCN(C(=O)c2cccnc2SC)C1. The van der Waals surface area contributed by atoms with Crippen LogP contribution in [0.1, 0.15) is 35.7 Å². The number of aromatic nitrogens is 1. The number of carbonyl (C=O) groups excluding carboxylic acids is 2. The maximum atomic E-state index is 14.4. The van der Waals surface area contributed by atoms with Gasteiger partial charge in [-0.3, -0.25) is 9.59 Å². The monoisotopic (exact) mass is 434 g/mol. The van der Waals surface area contributed by atoms with Gasteiger partial charge in [-0.25, -0.2) is 13.8 Å². The lowest BCUT2D eigenvalue weighted by molar-refractivity contribution is -0.158. The molecule has 0 bridgehead atoms. The zero-order valence-corrected chi connectivity index (χ0v) is 17.8. The van der Waals surface area contributed by atoms with Gasteiger partial charge in [-0.2, -0.15) is 0 Å². The summed E-state index contributed by atoms with van der Waals surface area (Å²) in [7, 11) is 0. The van der Waals surface area contributed by atoms with Gasteiger partial charge in [0, 0.05) is 25.4 Å². The fourth-order valence-corrected chi connectivity index (χ4v) is 4.43. The zero-order valence-electron chi connectivity index (χ0n) is 17.0. The largest absolute Gasteiger partial charge is 0.466 e. The summed E-state index contributed by atoms with van der Waals surface area (Å²) in [5.74, 6) is -2.08. The maximum absolute atomic E-state index is 14.4.